The van der Waals surface area contributed by atoms with E-state index in [1.54, 1.807) is 12.1 Å². The maximum atomic E-state index is 12.3. The topological polar surface area (TPSA) is 49.4 Å². The molecule has 0 saturated carbocycles. The first kappa shape index (κ1) is 15.9. The van der Waals surface area contributed by atoms with Gasteiger partial charge in [0.05, 0.1) is 5.02 Å². The molecule has 0 saturated heterocycles. The molecule has 112 valence electrons. The molecule has 2 aromatic carbocycles. The average Bonchev–Trinajstić information content (AvgIpc) is 2.38. The van der Waals surface area contributed by atoms with Gasteiger partial charge < -0.3 is 4.90 Å². The molecule has 0 aliphatic carbocycles. The predicted molar refractivity (Wildman–Crippen MR) is 88.0 cm³/mol. The Morgan fingerprint density at radius 3 is 2.14 bits per heavy atom. The number of hydrogen-bond donors (Lipinski definition) is 1. The van der Waals surface area contributed by atoms with Gasteiger partial charge in [-0.15, -0.1) is 0 Å². The Balaban J connectivity index is 2.28. The number of nitrogens with one attached hydrogen (secondary N) is 1. The molecular formula is C14H14Cl2N2O2S. The van der Waals surface area contributed by atoms with E-state index in [2.05, 4.69) is 4.72 Å². The van der Waals surface area contributed by atoms with Gasteiger partial charge in [0.25, 0.3) is 10.0 Å². The lowest BCUT2D eigenvalue weighted by Crippen LogP contribution is -2.14. The van der Waals surface area contributed by atoms with Crippen molar-refractivity contribution in [3.8, 4) is 0 Å². The van der Waals surface area contributed by atoms with Crippen molar-refractivity contribution in [2.24, 2.45) is 0 Å². The molecule has 0 bridgehead atoms. The van der Waals surface area contributed by atoms with Crippen LogP contribution in [0.1, 0.15) is 0 Å². The maximum Gasteiger partial charge on any atom is 0.263 e. The fourth-order valence-corrected chi connectivity index (χ4v) is 3.56. The number of nitrogens with zero attached hydrogens (tertiary/aromatic N) is 1. The van der Waals surface area contributed by atoms with Crippen LogP contribution in [0, 0.1) is 0 Å². The number of benzene rings is 2. The number of rotatable bonds is 4. The van der Waals surface area contributed by atoms with Crippen molar-refractivity contribution in [2.45, 2.75) is 4.90 Å². The highest BCUT2D eigenvalue weighted by Crippen LogP contribution is 2.27. The van der Waals surface area contributed by atoms with Gasteiger partial charge in [0.2, 0.25) is 0 Å². The molecule has 1 N–H and O–H groups in total. The van der Waals surface area contributed by atoms with E-state index in [-0.39, 0.29) is 9.92 Å². The van der Waals surface area contributed by atoms with Crippen molar-refractivity contribution in [1.82, 2.24) is 0 Å². The Labute approximate surface area is 134 Å². The van der Waals surface area contributed by atoms with E-state index in [0.717, 1.165) is 5.69 Å². The monoisotopic (exact) mass is 344 g/mol. The van der Waals surface area contributed by atoms with Gasteiger partial charge in [0, 0.05) is 30.5 Å². The summed E-state index contributed by atoms with van der Waals surface area (Å²) in [7, 11) is 0.0707. The second-order valence-electron chi connectivity index (χ2n) is 4.62. The number of hydrogen-bond acceptors (Lipinski definition) is 3. The zero-order chi connectivity index (χ0) is 15.6. The van der Waals surface area contributed by atoms with Crippen molar-refractivity contribution in [1.29, 1.82) is 0 Å². The standard InChI is InChI=1S/C14H14Cl2N2O2S/c1-18(2)12-6-4-11(5-7-12)17-21(19,20)14-8-3-10(15)9-13(14)16/h3-9,17H,1-2H3. The lowest BCUT2D eigenvalue weighted by molar-refractivity contribution is 0.601. The summed E-state index contributed by atoms with van der Waals surface area (Å²) in [5.41, 5.74) is 1.44. The summed E-state index contributed by atoms with van der Waals surface area (Å²) in [6.45, 7) is 0. The molecular weight excluding hydrogens is 331 g/mol. The van der Waals surface area contributed by atoms with Gasteiger partial charge in [-0.1, -0.05) is 23.2 Å². The van der Waals surface area contributed by atoms with Gasteiger partial charge in [0.15, 0.2) is 0 Å². The van der Waals surface area contributed by atoms with E-state index in [9.17, 15) is 8.42 Å². The quantitative estimate of drug-likeness (QED) is 0.915. The van der Waals surface area contributed by atoms with Crippen molar-refractivity contribution < 1.29 is 8.42 Å². The van der Waals surface area contributed by atoms with Crippen molar-refractivity contribution in [3.63, 3.8) is 0 Å². The minimum absolute atomic E-state index is 0.00903. The number of anilines is 2. The molecule has 0 heterocycles. The van der Waals surface area contributed by atoms with Gasteiger partial charge in [-0.3, -0.25) is 4.72 Å². The van der Waals surface area contributed by atoms with Crippen LogP contribution in [0.4, 0.5) is 11.4 Å². The van der Waals surface area contributed by atoms with Crippen molar-refractivity contribution in [3.05, 3.63) is 52.5 Å². The third-order valence-corrected chi connectivity index (χ3v) is 4.92. The molecule has 0 radical (unpaired) electrons. The zero-order valence-electron chi connectivity index (χ0n) is 11.5. The van der Waals surface area contributed by atoms with E-state index in [1.807, 2.05) is 31.1 Å². The minimum Gasteiger partial charge on any atom is -0.378 e. The third-order valence-electron chi connectivity index (χ3n) is 2.82. The molecule has 0 spiro atoms. The van der Waals surface area contributed by atoms with Crippen LogP contribution in [0.5, 0.6) is 0 Å². The highest BCUT2D eigenvalue weighted by molar-refractivity contribution is 7.92. The molecule has 2 rings (SSSR count). The van der Waals surface area contributed by atoms with Crippen molar-refractivity contribution >= 4 is 44.6 Å². The van der Waals surface area contributed by atoms with Crippen LogP contribution in [0.25, 0.3) is 0 Å². The lowest BCUT2D eigenvalue weighted by atomic mass is 10.3. The summed E-state index contributed by atoms with van der Waals surface area (Å²) in [4.78, 5) is 1.92. The SMILES string of the molecule is CN(C)c1ccc(NS(=O)(=O)c2ccc(Cl)cc2Cl)cc1. The van der Waals surface area contributed by atoms with E-state index >= 15 is 0 Å². The fraction of sp³-hybridized carbons (Fsp3) is 0.143. The first-order valence-electron chi connectivity index (χ1n) is 6.05. The lowest BCUT2D eigenvalue weighted by Gasteiger charge is -2.14. The van der Waals surface area contributed by atoms with Gasteiger partial charge in [-0.2, -0.15) is 0 Å². The molecule has 0 fully saturated rings. The van der Waals surface area contributed by atoms with Crippen LogP contribution in [0.2, 0.25) is 10.0 Å². The molecule has 0 amide bonds. The van der Waals surface area contributed by atoms with Crippen LogP contribution in [-0.4, -0.2) is 22.5 Å². The predicted octanol–water partition coefficient (Wildman–Crippen LogP) is 3.86. The first-order valence-corrected chi connectivity index (χ1v) is 8.29. The molecule has 2 aromatic rings. The Kier molecular flexibility index (Phi) is 4.66. The van der Waals surface area contributed by atoms with Crippen LogP contribution >= 0.6 is 23.2 Å². The summed E-state index contributed by atoms with van der Waals surface area (Å²) in [6, 6.07) is 11.3. The summed E-state index contributed by atoms with van der Waals surface area (Å²) in [5, 5.41) is 0.467. The van der Waals surface area contributed by atoms with E-state index in [1.165, 1.54) is 18.2 Å². The highest BCUT2D eigenvalue weighted by Gasteiger charge is 2.18. The highest BCUT2D eigenvalue weighted by atomic mass is 35.5. The number of halogens is 2. The molecule has 0 unspecified atom stereocenters. The largest absolute Gasteiger partial charge is 0.378 e. The van der Waals surface area contributed by atoms with Gasteiger partial charge >= 0.3 is 0 Å². The maximum absolute atomic E-state index is 12.3. The van der Waals surface area contributed by atoms with Gasteiger partial charge in [-0.25, -0.2) is 8.42 Å². The summed E-state index contributed by atoms with van der Waals surface area (Å²) < 4.78 is 27.1. The summed E-state index contributed by atoms with van der Waals surface area (Å²) in [5.74, 6) is 0. The second kappa shape index (κ2) is 6.13. The molecule has 21 heavy (non-hydrogen) atoms. The van der Waals surface area contributed by atoms with Crippen LogP contribution < -0.4 is 9.62 Å². The van der Waals surface area contributed by atoms with Crippen LogP contribution in [0.15, 0.2) is 47.4 Å². The molecule has 0 aliphatic rings. The Morgan fingerprint density at radius 2 is 1.62 bits per heavy atom. The molecule has 7 heteroatoms. The molecule has 4 nitrogen and oxygen atoms in total. The van der Waals surface area contributed by atoms with Gasteiger partial charge in [-0.05, 0) is 42.5 Å². The molecule has 0 aromatic heterocycles. The summed E-state index contributed by atoms with van der Waals surface area (Å²) in [6.07, 6.45) is 0. The van der Waals surface area contributed by atoms with Crippen molar-refractivity contribution in [2.75, 3.05) is 23.7 Å². The molecule has 0 atom stereocenters. The van der Waals surface area contributed by atoms with E-state index in [0.29, 0.717) is 10.7 Å². The normalized spacial score (nSPS) is 11.2. The third kappa shape index (κ3) is 3.81. The first-order chi connectivity index (χ1) is 9.79. The Bertz CT molecular complexity index is 744. The second-order valence-corrected chi connectivity index (χ2v) is 7.12. The average molecular weight is 345 g/mol. The fourth-order valence-electron chi connectivity index (χ4n) is 1.73. The molecule has 0 aliphatic heterocycles. The van der Waals surface area contributed by atoms with E-state index in [4.69, 9.17) is 23.2 Å². The van der Waals surface area contributed by atoms with Crippen LogP contribution in [-0.2, 0) is 10.0 Å². The Morgan fingerprint density at radius 1 is 1.00 bits per heavy atom. The smallest absolute Gasteiger partial charge is 0.263 e. The van der Waals surface area contributed by atoms with Crippen LogP contribution in [0.3, 0.4) is 0 Å². The minimum atomic E-state index is -3.75. The Hall–Kier alpha value is -1.43. The van der Waals surface area contributed by atoms with E-state index < -0.39 is 10.0 Å². The van der Waals surface area contributed by atoms with Gasteiger partial charge in [0.1, 0.15) is 4.90 Å². The zero-order valence-corrected chi connectivity index (χ0v) is 13.8. The summed E-state index contributed by atoms with van der Waals surface area (Å²) >= 11 is 11.7. The number of sulfonamides is 1.